The topological polar surface area (TPSA) is 29.9 Å². The standard InChI is InChI=1S/C15H17ClFN3/c1-10-12(7-18-14-3-4-14)8-19-20(10)9-11-6-13(16)2-5-15(11)17/h2,5-6,8,14,18H,3-4,7,9H2,1H3. The van der Waals surface area contributed by atoms with Crippen LogP contribution in [0.5, 0.6) is 0 Å². The van der Waals surface area contributed by atoms with Crippen LogP contribution in [0.25, 0.3) is 0 Å². The van der Waals surface area contributed by atoms with E-state index in [-0.39, 0.29) is 5.82 Å². The number of aromatic nitrogens is 2. The monoisotopic (exact) mass is 293 g/mol. The molecule has 0 aliphatic heterocycles. The molecule has 1 aromatic heterocycles. The van der Waals surface area contributed by atoms with Crippen LogP contribution in [0.1, 0.15) is 29.7 Å². The van der Waals surface area contributed by atoms with Crippen molar-refractivity contribution >= 4 is 11.6 Å². The van der Waals surface area contributed by atoms with Gasteiger partial charge in [-0.25, -0.2) is 4.39 Å². The number of benzene rings is 1. The minimum atomic E-state index is -0.248. The average molecular weight is 294 g/mol. The van der Waals surface area contributed by atoms with Gasteiger partial charge in [-0.3, -0.25) is 4.68 Å². The van der Waals surface area contributed by atoms with E-state index < -0.39 is 0 Å². The maximum absolute atomic E-state index is 13.7. The Morgan fingerprint density at radius 2 is 2.20 bits per heavy atom. The van der Waals surface area contributed by atoms with Crippen LogP contribution in [0.3, 0.4) is 0 Å². The normalized spacial score (nSPS) is 14.8. The molecule has 106 valence electrons. The summed E-state index contributed by atoms with van der Waals surface area (Å²) in [5.41, 5.74) is 2.79. The fourth-order valence-electron chi connectivity index (χ4n) is 2.19. The molecule has 20 heavy (non-hydrogen) atoms. The van der Waals surface area contributed by atoms with E-state index in [1.165, 1.54) is 24.5 Å². The third kappa shape index (κ3) is 3.02. The molecule has 1 N–H and O–H groups in total. The summed E-state index contributed by atoms with van der Waals surface area (Å²) < 4.78 is 15.6. The van der Waals surface area contributed by atoms with E-state index in [1.54, 1.807) is 12.1 Å². The zero-order valence-electron chi connectivity index (χ0n) is 11.4. The van der Waals surface area contributed by atoms with Gasteiger partial charge in [-0.05, 0) is 38.0 Å². The zero-order chi connectivity index (χ0) is 14.1. The lowest BCUT2D eigenvalue weighted by Gasteiger charge is -2.08. The van der Waals surface area contributed by atoms with Gasteiger partial charge in [0.1, 0.15) is 5.82 Å². The van der Waals surface area contributed by atoms with Crippen molar-refractivity contribution in [1.82, 2.24) is 15.1 Å². The first-order valence-corrected chi connectivity index (χ1v) is 7.20. The molecule has 1 saturated carbocycles. The molecule has 3 rings (SSSR count). The molecule has 0 atom stereocenters. The first-order valence-electron chi connectivity index (χ1n) is 6.82. The van der Waals surface area contributed by atoms with Crippen LogP contribution in [-0.4, -0.2) is 15.8 Å². The third-order valence-corrected chi connectivity index (χ3v) is 3.93. The highest BCUT2D eigenvalue weighted by molar-refractivity contribution is 6.30. The van der Waals surface area contributed by atoms with Crippen molar-refractivity contribution in [2.24, 2.45) is 0 Å². The molecule has 1 heterocycles. The van der Waals surface area contributed by atoms with Crippen LogP contribution in [0.2, 0.25) is 5.02 Å². The van der Waals surface area contributed by atoms with Gasteiger partial charge in [-0.1, -0.05) is 11.6 Å². The van der Waals surface area contributed by atoms with Gasteiger partial charge in [0, 0.05) is 34.4 Å². The summed E-state index contributed by atoms with van der Waals surface area (Å²) in [5, 5.41) is 8.35. The van der Waals surface area contributed by atoms with Crippen molar-refractivity contribution in [1.29, 1.82) is 0 Å². The van der Waals surface area contributed by atoms with E-state index in [0.29, 0.717) is 23.2 Å². The molecule has 0 spiro atoms. The lowest BCUT2D eigenvalue weighted by molar-refractivity contribution is 0.579. The molecule has 1 aliphatic carbocycles. The first kappa shape index (κ1) is 13.6. The fourth-order valence-corrected chi connectivity index (χ4v) is 2.38. The van der Waals surface area contributed by atoms with E-state index in [0.717, 1.165) is 12.2 Å². The maximum atomic E-state index is 13.7. The van der Waals surface area contributed by atoms with Gasteiger partial charge >= 0.3 is 0 Å². The Hall–Kier alpha value is -1.39. The quantitative estimate of drug-likeness (QED) is 0.917. The molecule has 0 unspecified atom stereocenters. The van der Waals surface area contributed by atoms with Crippen LogP contribution in [0.15, 0.2) is 24.4 Å². The summed E-state index contributed by atoms with van der Waals surface area (Å²) in [4.78, 5) is 0. The molecular formula is C15H17ClFN3. The Bertz CT molecular complexity index is 620. The Labute approximate surface area is 122 Å². The number of hydrogen-bond donors (Lipinski definition) is 1. The molecule has 0 saturated heterocycles. The summed E-state index contributed by atoms with van der Waals surface area (Å²) >= 11 is 5.91. The molecule has 2 aromatic rings. The predicted molar refractivity (Wildman–Crippen MR) is 77.3 cm³/mol. The number of rotatable bonds is 5. The highest BCUT2D eigenvalue weighted by Crippen LogP contribution is 2.20. The molecule has 0 bridgehead atoms. The van der Waals surface area contributed by atoms with Crippen LogP contribution in [0, 0.1) is 12.7 Å². The first-order chi connectivity index (χ1) is 9.63. The van der Waals surface area contributed by atoms with Crippen molar-refractivity contribution in [3.8, 4) is 0 Å². The van der Waals surface area contributed by atoms with E-state index in [1.807, 2.05) is 17.8 Å². The molecule has 5 heteroatoms. The van der Waals surface area contributed by atoms with Crippen molar-refractivity contribution in [2.45, 2.75) is 38.9 Å². The largest absolute Gasteiger partial charge is 0.310 e. The predicted octanol–water partition coefficient (Wildman–Crippen LogP) is 3.28. The van der Waals surface area contributed by atoms with E-state index in [9.17, 15) is 4.39 Å². The SMILES string of the molecule is Cc1c(CNC2CC2)cnn1Cc1cc(Cl)ccc1F. The van der Waals surface area contributed by atoms with Gasteiger partial charge in [0.15, 0.2) is 0 Å². The third-order valence-electron chi connectivity index (χ3n) is 3.69. The van der Waals surface area contributed by atoms with Gasteiger partial charge in [0.05, 0.1) is 12.7 Å². The summed E-state index contributed by atoms with van der Waals surface area (Å²) in [5.74, 6) is -0.248. The van der Waals surface area contributed by atoms with Gasteiger partial charge < -0.3 is 5.32 Å². The Kier molecular flexibility index (Phi) is 3.76. The lowest BCUT2D eigenvalue weighted by Crippen LogP contribution is -2.16. The molecular weight excluding hydrogens is 277 g/mol. The van der Waals surface area contributed by atoms with Gasteiger partial charge in [0.25, 0.3) is 0 Å². The van der Waals surface area contributed by atoms with Crippen molar-refractivity contribution < 1.29 is 4.39 Å². The van der Waals surface area contributed by atoms with Gasteiger partial charge in [-0.15, -0.1) is 0 Å². The second-order valence-corrected chi connectivity index (χ2v) is 5.74. The lowest BCUT2D eigenvalue weighted by atomic mass is 10.2. The molecule has 3 nitrogen and oxygen atoms in total. The van der Waals surface area contributed by atoms with Gasteiger partial charge in [0.2, 0.25) is 0 Å². The highest BCUT2D eigenvalue weighted by Gasteiger charge is 2.20. The summed E-state index contributed by atoms with van der Waals surface area (Å²) in [6.07, 6.45) is 4.38. The van der Waals surface area contributed by atoms with Crippen LogP contribution in [0.4, 0.5) is 4.39 Å². The summed E-state index contributed by atoms with van der Waals surface area (Å²) in [7, 11) is 0. The minimum Gasteiger partial charge on any atom is -0.310 e. The van der Waals surface area contributed by atoms with Gasteiger partial charge in [-0.2, -0.15) is 5.10 Å². The van der Waals surface area contributed by atoms with Crippen LogP contribution < -0.4 is 5.32 Å². The van der Waals surface area contributed by atoms with Crippen LogP contribution >= 0.6 is 11.6 Å². The summed E-state index contributed by atoms with van der Waals surface area (Å²) in [6, 6.07) is 5.27. The highest BCUT2D eigenvalue weighted by atomic mass is 35.5. The van der Waals surface area contributed by atoms with E-state index >= 15 is 0 Å². The number of hydrogen-bond acceptors (Lipinski definition) is 2. The Balaban J connectivity index is 1.74. The Morgan fingerprint density at radius 1 is 1.40 bits per heavy atom. The van der Waals surface area contributed by atoms with Crippen LogP contribution in [-0.2, 0) is 13.1 Å². The minimum absolute atomic E-state index is 0.248. The molecule has 1 aliphatic rings. The average Bonchev–Trinajstić information content (AvgIpc) is 3.19. The second-order valence-electron chi connectivity index (χ2n) is 5.30. The Morgan fingerprint density at radius 3 is 2.95 bits per heavy atom. The molecule has 0 amide bonds. The van der Waals surface area contributed by atoms with Crippen molar-refractivity contribution in [2.75, 3.05) is 0 Å². The van der Waals surface area contributed by atoms with E-state index in [2.05, 4.69) is 10.4 Å². The molecule has 1 aromatic carbocycles. The number of nitrogens with zero attached hydrogens (tertiary/aromatic N) is 2. The van der Waals surface area contributed by atoms with Crippen molar-refractivity contribution in [3.05, 3.63) is 52.1 Å². The summed E-state index contributed by atoms with van der Waals surface area (Å²) in [6.45, 7) is 3.25. The smallest absolute Gasteiger partial charge is 0.128 e. The number of nitrogens with one attached hydrogen (secondary N) is 1. The zero-order valence-corrected chi connectivity index (χ0v) is 12.1. The fraction of sp³-hybridized carbons (Fsp3) is 0.400. The maximum Gasteiger partial charge on any atom is 0.128 e. The number of halogens is 2. The second kappa shape index (κ2) is 5.54. The molecule has 0 radical (unpaired) electrons. The van der Waals surface area contributed by atoms with Crippen molar-refractivity contribution in [3.63, 3.8) is 0 Å². The van der Waals surface area contributed by atoms with E-state index in [4.69, 9.17) is 11.6 Å². The molecule has 1 fully saturated rings.